The summed E-state index contributed by atoms with van der Waals surface area (Å²) in [5, 5.41) is 11.0. The molecule has 3 nitrogen and oxygen atoms in total. The number of nitrogens with zero attached hydrogens (tertiary/aromatic N) is 1. The van der Waals surface area contributed by atoms with Gasteiger partial charge in [-0.25, -0.2) is 0 Å². The summed E-state index contributed by atoms with van der Waals surface area (Å²) in [6, 6.07) is 0. The zero-order chi connectivity index (χ0) is 7.82. The molecule has 0 spiro atoms. The van der Waals surface area contributed by atoms with E-state index in [1.54, 1.807) is 6.19 Å². The quantitative estimate of drug-likeness (QED) is 0.324. The first-order chi connectivity index (χ1) is 4.81. The average Bonchev–Trinajstić information content (AvgIpc) is 1.89. The highest BCUT2D eigenvalue weighted by Crippen LogP contribution is 1.97. The topological polar surface area (TPSA) is 52.9 Å². The van der Waals surface area contributed by atoms with Crippen LogP contribution in [0.4, 0.5) is 0 Å². The number of halogens is 1. The van der Waals surface area contributed by atoms with Crippen LogP contribution in [0.15, 0.2) is 0 Å². The minimum Gasteiger partial charge on any atom is -0.274 e. The van der Waals surface area contributed by atoms with Crippen molar-refractivity contribution >= 4 is 21.8 Å². The molecule has 0 aromatic rings. The van der Waals surface area contributed by atoms with Gasteiger partial charge in [0.1, 0.15) is 0 Å². The maximum Gasteiger partial charge on any atom is 0.232 e. The maximum atomic E-state index is 10.6. The van der Waals surface area contributed by atoms with Gasteiger partial charge in [0.05, 0.1) is 0 Å². The largest absolute Gasteiger partial charge is 0.274 e. The third-order valence-corrected chi connectivity index (χ3v) is 1.54. The van der Waals surface area contributed by atoms with Gasteiger partial charge < -0.3 is 0 Å². The molecule has 0 heterocycles. The van der Waals surface area contributed by atoms with Crippen molar-refractivity contribution in [1.29, 1.82) is 5.26 Å². The third-order valence-electron chi connectivity index (χ3n) is 0.983. The lowest BCUT2D eigenvalue weighted by atomic mass is 10.2. The fourth-order valence-electron chi connectivity index (χ4n) is 0.505. The van der Waals surface area contributed by atoms with Crippen LogP contribution in [-0.4, -0.2) is 11.2 Å². The second-order valence-corrected chi connectivity index (χ2v) is 2.60. The minimum atomic E-state index is -0.191. The Morgan fingerprint density at radius 3 is 2.80 bits per heavy atom. The van der Waals surface area contributed by atoms with Crippen LogP contribution in [0, 0.1) is 11.5 Å². The molecule has 0 saturated carbocycles. The van der Waals surface area contributed by atoms with Crippen LogP contribution in [0.1, 0.15) is 19.3 Å². The number of alkyl halides is 1. The van der Waals surface area contributed by atoms with E-state index < -0.39 is 0 Å². The molecule has 4 heteroatoms. The molecular weight excluding hydrogens is 196 g/mol. The monoisotopic (exact) mass is 204 g/mol. The standard InChI is InChI=1S/C6H9BrN2O/c7-4-2-1-3-6(10)9-5-8/h1-4H2,(H,9,10). The number of nitriles is 1. The first-order valence-electron chi connectivity index (χ1n) is 3.05. The average molecular weight is 205 g/mol. The molecule has 0 unspecified atom stereocenters. The molecular formula is C6H9BrN2O. The van der Waals surface area contributed by atoms with Crippen LogP contribution in [0.2, 0.25) is 0 Å². The minimum absolute atomic E-state index is 0.191. The van der Waals surface area contributed by atoms with Crippen molar-refractivity contribution < 1.29 is 4.79 Å². The molecule has 0 aliphatic carbocycles. The van der Waals surface area contributed by atoms with Crippen molar-refractivity contribution in [2.75, 3.05) is 5.33 Å². The Labute approximate surface area is 68.5 Å². The molecule has 1 amide bonds. The number of unbranched alkanes of at least 4 members (excludes halogenated alkanes) is 1. The summed E-state index contributed by atoms with van der Waals surface area (Å²) >= 11 is 3.24. The summed E-state index contributed by atoms with van der Waals surface area (Å²) in [4.78, 5) is 10.6. The Morgan fingerprint density at radius 1 is 1.60 bits per heavy atom. The van der Waals surface area contributed by atoms with E-state index in [0.717, 1.165) is 18.2 Å². The Kier molecular flexibility index (Phi) is 6.19. The Hall–Kier alpha value is -0.560. The van der Waals surface area contributed by atoms with Gasteiger partial charge in [-0.1, -0.05) is 15.9 Å². The normalized spacial score (nSPS) is 8.40. The molecule has 56 valence electrons. The lowest BCUT2D eigenvalue weighted by molar-refractivity contribution is -0.120. The number of rotatable bonds is 4. The van der Waals surface area contributed by atoms with Crippen LogP contribution in [0.5, 0.6) is 0 Å². The van der Waals surface area contributed by atoms with Gasteiger partial charge in [0.2, 0.25) is 5.91 Å². The molecule has 0 bridgehead atoms. The highest BCUT2D eigenvalue weighted by Gasteiger charge is 1.97. The van der Waals surface area contributed by atoms with Crippen LogP contribution >= 0.6 is 15.9 Å². The molecule has 0 radical (unpaired) electrons. The molecule has 0 aromatic carbocycles. The number of carbonyl (C=O) groups excluding carboxylic acids is 1. The second-order valence-electron chi connectivity index (χ2n) is 1.81. The zero-order valence-corrected chi connectivity index (χ0v) is 7.15. The maximum absolute atomic E-state index is 10.6. The summed E-state index contributed by atoms with van der Waals surface area (Å²) in [7, 11) is 0. The van der Waals surface area contributed by atoms with E-state index in [-0.39, 0.29) is 5.91 Å². The van der Waals surface area contributed by atoms with Crippen molar-refractivity contribution in [3.8, 4) is 6.19 Å². The van der Waals surface area contributed by atoms with Gasteiger partial charge in [-0.15, -0.1) is 0 Å². The lowest BCUT2D eigenvalue weighted by Gasteiger charge is -1.93. The fraction of sp³-hybridized carbons (Fsp3) is 0.667. The summed E-state index contributed by atoms with van der Waals surface area (Å²) in [6.07, 6.45) is 3.83. The van der Waals surface area contributed by atoms with Crippen molar-refractivity contribution in [2.45, 2.75) is 19.3 Å². The molecule has 0 saturated heterocycles. The molecule has 0 atom stereocenters. The Bertz CT molecular complexity index is 141. The molecule has 0 aliphatic heterocycles. The predicted molar refractivity (Wildman–Crippen MR) is 41.4 cm³/mol. The molecule has 1 N–H and O–H groups in total. The summed E-state index contributed by atoms with van der Waals surface area (Å²) < 4.78 is 0. The Balaban J connectivity index is 3.15. The second kappa shape index (κ2) is 6.56. The van der Waals surface area contributed by atoms with Gasteiger partial charge >= 0.3 is 0 Å². The number of carbonyl (C=O) groups is 1. The van der Waals surface area contributed by atoms with Crippen LogP contribution in [0.25, 0.3) is 0 Å². The van der Waals surface area contributed by atoms with Crippen LogP contribution < -0.4 is 5.32 Å². The van der Waals surface area contributed by atoms with E-state index in [2.05, 4.69) is 21.2 Å². The molecule has 0 rings (SSSR count). The summed E-state index contributed by atoms with van der Waals surface area (Å²) in [6.45, 7) is 0. The first kappa shape index (κ1) is 9.44. The lowest BCUT2D eigenvalue weighted by Crippen LogP contribution is -2.16. The zero-order valence-electron chi connectivity index (χ0n) is 5.56. The van der Waals surface area contributed by atoms with E-state index in [4.69, 9.17) is 5.26 Å². The van der Waals surface area contributed by atoms with Gasteiger partial charge in [-0.3, -0.25) is 10.1 Å². The fourth-order valence-corrected chi connectivity index (χ4v) is 0.901. The number of amides is 1. The third kappa shape index (κ3) is 5.57. The van der Waals surface area contributed by atoms with Crippen LogP contribution in [0.3, 0.4) is 0 Å². The van der Waals surface area contributed by atoms with Crippen molar-refractivity contribution in [3.05, 3.63) is 0 Å². The van der Waals surface area contributed by atoms with Crippen molar-refractivity contribution in [3.63, 3.8) is 0 Å². The molecule has 0 aromatic heterocycles. The first-order valence-corrected chi connectivity index (χ1v) is 4.17. The van der Waals surface area contributed by atoms with Crippen LogP contribution in [-0.2, 0) is 4.79 Å². The molecule has 0 aliphatic rings. The summed E-state index contributed by atoms with van der Waals surface area (Å²) in [5.74, 6) is -0.191. The molecule has 0 fully saturated rings. The van der Waals surface area contributed by atoms with E-state index in [1.807, 2.05) is 0 Å². The van der Waals surface area contributed by atoms with E-state index in [0.29, 0.717) is 6.42 Å². The summed E-state index contributed by atoms with van der Waals surface area (Å²) in [5.41, 5.74) is 0. The molecule has 10 heavy (non-hydrogen) atoms. The highest BCUT2D eigenvalue weighted by molar-refractivity contribution is 9.09. The number of hydrogen-bond donors (Lipinski definition) is 1. The Morgan fingerprint density at radius 2 is 2.30 bits per heavy atom. The predicted octanol–water partition coefficient (Wildman–Crippen LogP) is 1.15. The van der Waals surface area contributed by atoms with E-state index in [9.17, 15) is 4.79 Å². The van der Waals surface area contributed by atoms with Gasteiger partial charge in [-0.2, -0.15) is 5.26 Å². The smallest absolute Gasteiger partial charge is 0.232 e. The highest BCUT2D eigenvalue weighted by atomic mass is 79.9. The van der Waals surface area contributed by atoms with E-state index >= 15 is 0 Å². The van der Waals surface area contributed by atoms with Crippen molar-refractivity contribution in [1.82, 2.24) is 5.32 Å². The van der Waals surface area contributed by atoms with Gasteiger partial charge in [0, 0.05) is 11.8 Å². The number of hydrogen-bond acceptors (Lipinski definition) is 2. The van der Waals surface area contributed by atoms with Gasteiger partial charge in [0.15, 0.2) is 6.19 Å². The SMILES string of the molecule is N#CNC(=O)CCCCBr. The van der Waals surface area contributed by atoms with E-state index in [1.165, 1.54) is 0 Å². The number of nitrogens with one attached hydrogen (secondary N) is 1. The van der Waals surface area contributed by atoms with Crippen molar-refractivity contribution in [2.24, 2.45) is 0 Å². The van der Waals surface area contributed by atoms with Gasteiger partial charge in [0.25, 0.3) is 0 Å². The van der Waals surface area contributed by atoms with Gasteiger partial charge in [-0.05, 0) is 12.8 Å².